The molecule has 0 radical (unpaired) electrons. The van der Waals surface area contributed by atoms with Crippen molar-refractivity contribution in [2.45, 2.75) is 26.8 Å². The maximum Gasteiger partial charge on any atom is 0.238 e. The molecule has 0 bridgehead atoms. The van der Waals surface area contributed by atoms with E-state index in [2.05, 4.69) is 5.32 Å². The number of sulfone groups is 1. The molecule has 0 spiro atoms. The van der Waals surface area contributed by atoms with E-state index in [-0.39, 0.29) is 29.8 Å². The summed E-state index contributed by atoms with van der Waals surface area (Å²) in [4.78, 5) is 13.7. The largest absolute Gasteiger partial charge is 0.325 e. The van der Waals surface area contributed by atoms with Crippen molar-refractivity contribution in [1.82, 2.24) is 4.90 Å². The molecular weight excluding hydrogens is 326 g/mol. The van der Waals surface area contributed by atoms with E-state index in [0.717, 1.165) is 12.1 Å². The number of amides is 1. The van der Waals surface area contributed by atoms with E-state index in [1.807, 2.05) is 6.92 Å². The van der Waals surface area contributed by atoms with Crippen molar-refractivity contribution in [2.24, 2.45) is 0 Å². The Balaban J connectivity index is 2.67. The number of halogens is 2. The van der Waals surface area contributed by atoms with Gasteiger partial charge in [0, 0.05) is 23.5 Å². The lowest BCUT2D eigenvalue weighted by atomic mass is 10.3. The SMILES string of the molecule is CCN(CC(=O)Nc1ccc(F)c(F)c1)[C@H](C)CS(=O)(=O)CC. The minimum absolute atomic E-state index is 0.0318. The average molecular weight is 348 g/mol. The van der Waals surface area contributed by atoms with Gasteiger partial charge < -0.3 is 5.32 Å². The molecule has 0 aliphatic rings. The number of likely N-dealkylation sites (N-methyl/N-ethyl adjacent to an activating group) is 1. The molecule has 1 N–H and O–H groups in total. The first-order chi connectivity index (χ1) is 10.7. The fourth-order valence-corrected chi connectivity index (χ4v) is 3.31. The number of rotatable bonds is 8. The molecule has 0 heterocycles. The number of hydrogen-bond acceptors (Lipinski definition) is 4. The quantitative estimate of drug-likeness (QED) is 0.781. The summed E-state index contributed by atoms with van der Waals surface area (Å²) in [5.74, 6) is -2.43. The van der Waals surface area contributed by atoms with Crippen LogP contribution in [0.1, 0.15) is 20.8 Å². The Hall–Kier alpha value is -1.54. The number of nitrogens with zero attached hydrogens (tertiary/aromatic N) is 1. The van der Waals surface area contributed by atoms with Crippen molar-refractivity contribution in [2.75, 3.05) is 29.9 Å². The Morgan fingerprint density at radius 3 is 2.43 bits per heavy atom. The van der Waals surface area contributed by atoms with Crippen LogP contribution in [0.4, 0.5) is 14.5 Å². The molecule has 0 aliphatic carbocycles. The van der Waals surface area contributed by atoms with Crippen LogP contribution in [-0.2, 0) is 14.6 Å². The summed E-state index contributed by atoms with van der Waals surface area (Å²) in [6.45, 7) is 5.59. The minimum Gasteiger partial charge on any atom is -0.325 e. The zero-order valence-corrected chi connectivity index (χ0v) is 14.3. The van der Waals surface area contributed by atoms with Gasteiger partial charge >= 0.3 is 0 Å². The third-order valence-electron chi connectivity index (χ3n) is 3.51. The monoisotopic (exact) mass is 348 g/mol. The molecule has 0 aromatic heterocycles. The van der Waals surface area contributed by atoms with Crippen LogP contribution >= 0.6 is 0 Å². The van der Waals surface area contributed by atoms with Crippen molar-refractivity contribution in [3.8, 4) is 0 Å². The van der Waals surface area contributed by atoms with E-state index in [1.165, 1.54) is 6.07 Å². The lowest BCUT2D eigenvalue weighted by Gasteiger charge is -2.26. The van der Waals surface area contributed by atoms with Crippen LogP contribution in [0, 0.1) is 11.6 Å². The lowest BCUT2D eigenvalue weighted by Crippen LogP contribution is -2.42. The van der Waals surface area contributed by atoms with Crippen LogP contribution in [0.25, 0.3) is 0 Å². The maximum absolute atomic E-state index is 13.1. The summed E-state index contributed by atoms with van der Waals surface area (Å²) in [5.41, 5.74) is 0.152. The zero-order chi connectivity index (χ0) is 17.6. The second-order valence-electron chi connectivity index (χ2n) is 5.29. The highest BCUT2D eigenvalue weighted by atomic mass is 32.2. The predicted molar refractivity (Wildman–Crippen MR) is 86.0 cm³/mol. The first kappa shape index (κ1) is 19.5. The highest BCUT2D eigenvalue weighted by molar-refractivity contribution is 7.91. The van der Waals surface area contributed by atoms with Crippen molar-refractivity contribution in [1.29, 1.82) is 0 Å². The molecule has 23 heavy (non-hydrogen) atoms. The maximum atomic E-state index is 13.1. The molecule has 1 amide bonds. The molecule has 1 rings (SSSR count). The molecule has 8 heteroatoms. The minimum atomic E-state index is -3.14. The molecule has 1 atom stereocenters. The van der Waals surface area contributed by atoms with Gasteiger partial charge in [-0.2, -0.15) is 0 Å². The van der Waals surface area contributed by atoms with Gasteiger partial charge in [0.1, 0.15) is 0 Å². The van der Waals surface area contributed by atoms with Gasteiger partial charge in [0.2, 0.25) is 5.91 Å². The third-order valence-corrected chi connectivity index (χ3v) is 5.38. The van der Waals surface area contributed by atoms with E-state index in [0.29, 0.717) is 6.54 Å². The number of carbonyl (C=O) groups excluding carboxylic acids is 1. The molecule has 1 aromatic rings. The van der Waals surface area contributed by atoms with E-state index >= 15 is 0 Å². The van der Waals surface area contributed by atoms with E-state index in [1.54, 1.807) is 18.7 Å². The summed E-state index contributed by atoms with van der Waals surface area (Å²) < 4.78 is 49.3. The smallest absolute Gasteiger partial charge is 0.238 e. The van der Waals surface area contributed by atoms with Crippen LogP contribution in [0.3, 0.4) is 0 Å². The van der Waals surface area contributed by atoms with Gasteiger partial charge in [0.05, 0.1) is 12.3 Å². The van der Waals surface area contributed by atoms with E-state index in [4.69, 9.17) is 0 Å². The summed E-state index contributed by atoms with van der Waals surface area (Å²) in [6, 6.07) is 2.77. The van der Waals surface area contributed by atoms with E-state index in [9.17, 15) is 22.0 Å². The number of carbonyl (C=O) groups is 1. The fraction of sp³-hybridized carbons (Fsp3) is 0.533. The molecular formula is C15H22F2N2O3S. The Kier molecular flexibility index (Phi) is 7.08. The zero-order valence-electron chi connectivity index (χ0n) is 13.5. The average Bonchev–Trinajstić information content (AvgIpc) is 2.48. The van der Waals surface area contributed by atoms with Crippen LogP contribution < -0.4 is 5.32 Å². The topological polar surface area (TPSA) is 66.5 Å². The number of hydrogen-bond donors (Lipinski definition) is 1. The third kappa shape index (κ3) is 6.23. The number of benzene rings is 1. The van der Waals surface area contributed by atoms with Gasteiger partial charge in [-0.1, -0.05) is 13.8 Å². The second kappa shape index (κ2) is 8.35. The Labute approximate surface area is 135 Å². The summed E-state index contributed by atoms with van der Waals surface area (Å²) >= 11 is 0. The lowest BCUT2D eigenvalue weighted by molar-refractivity contribution is -0.117. The standard InChI is InChI=1S/C15H22F2N2O3S/c1-4-19(11(3)10-23(21,22)5-2)9-15(20)18-12-6-7-13(16)14(17)8-12/h6-8,11H,4-5,9-10H2,1-3H3,(H,18,20)/t11-/m1/s1. The first-order valence-corrected chi connectivity index (χ1v) is 9.20. The molecule has 0 fully saturated rings. The van der Waals surface area contributed by atoms with Gasteiger partial charge in [-0.05, 0) is 25.6 Å². The predicted octanol–water partition coefficient (Wildman–Crippen LogP) is 2.05. The van der Waals surface area contributed by atoms with Crippen LogP contribution in [-0.4, -0.2) is 49.9 Å². The summed E-state index contributed by atoms with van der Waals surface area (Å²) in [7, 11) is -3.14. The molecule has 0 aliphatic heterocycles. The highest BCUT2D eigenvalue weighted by Gasteiger charge is 2.21. The van der Waals surface area contributed by atoms with Crippen LogP contribution in [0.2, 0.25) is 0 Å². The van der Waals surface area contributed by atoms with Crippen molar-refractivity contribution >= 4 is 21.4 Å². The second-order valence-corrected chi connectivity index (χ2v) is 7.69. The highest BCUT2D eigenvalue weighted by Crippen LogP contribution is 2.13. The van der Waals surface area contributed by atoms with Crippen LogP contribution in [0.15, 0.2) is 18.2 Å². The Morgan fingerprint density at radius 1 is 1.26 bits per heavy atom. The summed E-state index contributed by atoms with van der Waals surface area (Å²) in [6.07, 6.45) is 0. The van der Waals surface area contributed by atoms with Crippen molar-refractivity contribution < 1.29 is 22.0 Å². The van der Waals surface area contributed by atoms with Gasteiger partial charge in [0.25, 0.3) is 0 Å². The van der Waals surface area contributed by atoms with Gasteiger partial charge in [0.15, 0.2) is 21.5 Å². The normalized spacial score (nSPS) is 13.1. The first-order valence-electron chi connectivity index (χ1n) is 7.37. The van der Waals surface area contributed by atoms with Crippen LogP contribution in [0.5, 0.6) is 0 Å². The molecule has 1 aromatic carbocycles. The van der Waals surface area contributed by atoms with Crippen molar-refractivity contribution in [3.05, 3.63) is 29.8 Å². The molecule has 0 unspecified atom stereocenters. The molecule has 5 nitrogen and oxygen atoms in total. The van der Waals surface area contributed by atoms with Gasteiger partial charge in [-0.3, -0.25) is 9.69 Å². The molecule has 0 saturated heterocycles. The van der Waals surface area contributed by atoms with E-state index < -0.39 is 27.4 Å². The Morgan fingerprint density at radius 2 is 1.91 bits per heavy atom. The molecule has 0 saturated carbocycles. The number of nitrogens with one attached hydrogen (secondary N) is 1. The summed E-state index contributed by atoms with van der Waals surface area (Å²) in [5, 5.41) is 2.47. The van der Waals surface area contributed by atoms with Gasteiger partial charge in [-0.15, -0.1) is 0 Å². The van der Waals surface area contributed by atoms with Gasteiger partial charge in [-0.25, -0.2) is 17.2 Å². The Bertz CT molecular complexity index is 650. The number of anilines is 1. The molecule has 130 valence electrons. The fourth-order valence-electron chi connectivity index (χ4n) is 2.13. The van der Waals surface area contributed by atoms with Crippen molar-refractivity contribution in [3.63, 3.8) is 0 Å².